The highest BCUT2D eigenvalue weighted by molar-refractivity contribution is 7.99. The Balaban J connectivity index is 1.40. The highest BCUT2D eigenvalue weighted by atomic mass is 32.2. The van der Waals surface area contributed by atoms with E-state index in [0.717, 1.165) is 16.0 Å². The molecule has 2 N–H and O–H groups in total. The number of aromatic amines is 1. The van der Waals surface area contributed by atoms with Crippen molar-refractivity contribution in [3.05, 3.63) is 87.9 Å². The maximum absolute atomic E-state index is 13.3. The first kappa shape index (κ1) is 20.3. The number of benzene rings is 2. The molecule has 2 heterocycles. The summed E-state index contributed by atoms with van der Waals surface area (Å²) < 4.78 is 13.3. The normalized spacial score (nSPS) is 11.9. The molecule has 1 amide bonds. The van der Waals surface area contributed by atoms with Crippen LogP contribution in [0.5, 0.6) is 0 Å². The SMILES string of the molecule is Cc1ccc(-c2nc(SCC(=O)N[C@@H](c3ccc(F)cc3)c3cccs3)n[nH]2)cc1. The number of nitrogens with zero attached hydrogens (tertiary/aromatic N) is 2. The number of carbonyl (C=O) groups excluding carboxylic acids is 1. The van der Waals surface area contributed by atoms with Crippen molar-refractivity contribution in [1.82, 2.24) is 20.5 Å². The molecule has 0 radical (unpaired) electrons. The Hall–Kier alpha value is -2.97. The lowest BCUT2D eigenvalue weighted by atomic mass is 10.1. The van der Waals surface area contributed by atoms with Crippen LogP contribution in [0.4, 0.5) is 4.39 Å². The third-order valence-electron chi connectivity index (χ3n) is 4.46. The predicted octanol–water partition coefficient (Wildman–Crippen LogP) is 4.98. The quantitative estimate of drug-likeness (QED) is 0.399. The number of aryl methyl sites for hydroxylation is 1. The van der Waals surface area contributed by atoms with E-state index in [9.17, 15) is 9.18 Å². The zero-order chi connectivity index (χ0) is 20.9. The number of rotatable bonds is 7. The van der Waals surface area contributed by atoms with Gasteiger partial charge in [0.2, 0.25) is 11.1 Å². The minimum Gasteiger partial charge on any atom is -0.344 e. The van der Waals surface area contributed by atoms with Gasteiger partial charge in [0.15, 0.2) is 5.82 Å². The predicted molar refractivity (Wildman–Crippen MR) is 118 cm³/mol. The summed E-state index contributed by atoms with van der Waals surface area (Å²) in [7, 11) is 0. The minimum atomic E-state index is -0.325. The molecule has 0 saturated heterocycles. The number of H-pyrrole nitrogens is 1. The van der Waals surface area contributed by atoms with Crippen LogP contribution < -0.4 is 5.32 Å². The van der Waals surface area contributed by atoms with Crippen LogP contribution in [0.1, 0.15) is 22.0 Å². The van der Waals surface area contributed by atoms with E-state index in [1.165, 1.54) is 29.5 Å². The molecule has 2 aromatic carbocycles. The van der Waals surface area contributed by atoms with Gasteiger partial charge in [-0.25, -0.2) is 9.37 Å². The van der Waals surface area contributed by atoms with Gasteiger partial charge in [-0.1, -0.05) is 59.8 Å². The molecule has 0 fully saturated rings. The molecule has 0 bridgehead atoms. The van der Waals surface area contributed by atoms with Crippen LogP contribution in [0, 0.1) is 12.7 Å². The molecule has 0 aliphatic rings. The minimum absolute atomic E-state index is 0.149. The van der Waals surface area contributed by atoms with Crippen LogP contribution in [0.15, 0.2) is 71.2 Å². The van der Waals surface area contributed by atoms with Crippen molar-refractivity contribution in [1.29, 1.82) is 0 Å². The van der Waals surface area contributed by atoms with Crippen molar-refractivity contribution in [2.75, 3.05) is 5.75 Å². The summed E-state index contributed by atoms with van der Waals surface area (Å²) in [4.78, 5) is 18.1. The van der Waals surface area contributed by atoms with E-state index in [1.54, 1.807) is 23.5 Å². The molecule has 2 aromatic heterocycles. The van der Waals surface area contributed by atoms with E-state index >= 15 is 0 Å². The lowest BCUT2D eigenvalue weighted by Crippen LogP contribution is -2.30. The maximum atomic E-state index is 13.3. The Morgan fingerprint density at radius 3 is 2.63 bits per heavy atom. The van der Waals surface area contributed by atoms with Gasteiger partial charge in [-0.3, -0.25) is 9.89 Å². The fraction of sp³-hybridized carbons (Fsp3) is 0.136. The second-order valence-electron chi connectivity index (χ2n) is 6.69. The van der Waals surface area contributed by atoms with Gasteiger partial charge in [0, 0.05) is 10.4 Å². The monoisotopic (exact) mass is 438 g/mol. The molecule has 5 nitrogen and oxygen atoms in total. The van der Waals surface area contributed by atoms with E-state index in [0.29, 0.717) is 11.0 Å². The molecule has 0 spiro atoms. The van der Waals surface area contributed by atoms with Crippen LogP contribution in [0.25, 0.3) is 11.4 Å². The molecule has 8 heteroatoms. The number of thioether (sulfide) groups is 1. The Labute approximate surface area is 181 Å². The first-order valence-electron chi connectivity index (χ1n) is 9.29. The third-order valence-corrected chi connectivity index (χ3v) is 6.24. The number of nitrogens with one attached hydrogen (secondary N) is 2. The second kappa shape index (κ2) is 9.23. The molecule has 4 rings (SSSR count). The number of thiophene rings is 1. The van der Waals surface area contributed by atoms with Gasteiger partial charge in [0.1, 0.15) is 5.82 Å². The summed E-state index contributed by atoms with van der Waals surface area (Å²) in [6, 6.07) is 17.7. The number of aromatic nitrogens is 3. The molecular weight excluding hydrogens is 419 g/mol. The zero-order valence-corrected chi connectivity index (χ0v) is 17.8. The lowest BCUT2D eigenvalue weighted by molar-refractivity contribution is -0.119. The van der Waals surface area contributed by atoms with Crippen LogP contribution in [0.2, 0.25) is 0 Å². The first-order valence-corrected chi connectivity index (χ1v) is 11.2. The zero-order valence-electron chi connectivity index (χ0n) is 16.1. The van der Waals surface area contributed by atoms with Gasteiger partial charge in [-0.2, -0.15) is 0 Å². The molecule has 152 valence electrons. The summed E-state index contributed by atoms with van der Waals surface area (Å²) in [5, 5.41) is 12.6. The topological polar surface area (TPSA) is 70.7 Å². The molecule has 4 aromatic rings. The number of hydrogen-bond acceptors (Lipinski definition) is 5. The van der Waals surface area contributed by atoms with Crippen molar-refractivity contribution in [3.8, 4) is 11.4 Å². The summed E-state index contributed by atoms with van der Waals surface area (Å²) in [6.45, 7) is 2.03. The Kier molecular flexibility index (Phi) is 6.25. The number of carbonyl (C=O) groups is 1. The largest absolute Gasteiger partial charge is 0.344 e. The van der Waals surface area contributed by atoms with Crippen molar-refractivity contribution >= 4 is 29.0 Å². The first-order chi connectivity index (χ1) is 14.6. The van der Waals surface area contributed by atoms with Crippen molar-refractivity contribution in [2.24, 2.45) is 0 Å². The van der Waals surface area contributed by atoms with Crippen molar-refractivity contribution in [2.45, 2.75) is 18.1 Å². The fourth-order valence-corrected chi connectivity index (χ4v) is 4.33. The van der Waals surface area contributed by atoms with Crippen LogP contribution >= 0.6 is 23.1 Å². The molecule has 0 unspecified atom stereocenters. The Morgan fingerprint density at radius 2 is 1.93 bits per heavy atom. The van der Waals surface area contributed by atoms with Gasteiger partial charge in [-0.15, -0.1) is 16.4 Å². The smallest absolute Gasteiger partial charge is 0.231 e. The average Bonchev–Trinajstić information content (AvgIpc) is 3.44. The Morgan fingerprint density at radius 1 is 1.17 bits per heavy atom. The molecular formula is C22H19FN4OS2. The average molecular weight is 439 g/mol. The summed E-state index contributed by atoms with van der Waals surface area (Å²) in [6.07, 6.45) is 0. The lowest BCUT2D eigenvalue weighted by Gasteiger charge is -2.18. The number of halogens is 1. The van der Waals surface area contributed by atoms with Gasteiger partial charge >= 0.3 is 0 Å². The van der Waals surface area contributed by atoms with Gasteiger partial charge in [-0.05, 0) is 36.1 Å². The summed E-state index contributed by atoms with van der Waals surface area (Å²) >= 11 is 2.81. The summed E-state index contributed by atoms with van der Waals surface area (Å²) in [5.74, 6) is 0.387. The van der Waals surface area contributed by atoms with Gasteiger partial charge in [0.05, 0.1) is 11.8 Å². The summed E-state index contributed by atoms with van der Waals surface area (Å²) in [5.41, 5.74) is 2.95. The van der Waals surface area contributed by atoms with Crippen molar-refractivity contribution < 1.29 is 9.18 Å². The second-order valence-corrected chi connectivity index (χ2v) is 8.61. The van der Waals surface area contributed by atoms with Crippen LogP contribution in [0.3, 0.4) is 0 Å². The highest BCUT2D eigenvalue weighted by Crippen LogP contribution is 2.27. The third kappa shape index (κ3) is 4.95. The molecule has 0 saturated carbocycles. The molecule has 0 aliphatic carbocycles. The van der Waals surface area contributed by atoms with Crippen molar-refractivity contribution in [3.63, 3.8) is 0 Å². The van der Waals surface area contributed by atoms with E-state index in [-0.39, 0.29) is 23.5 Å². The maximum Gasteiger partial charge on any atom is 0.231 e. The standard InChI is InChI=1S/C22H19FN4OS2/c1-14-4-6-16(7-5-14)21-25-22(27-26-21)30-13-19(28)24-20(18-3-2-12-29-18)15-8-10-17(23)11-9-15/h2-12,20H,13H2,1H3,(H,24,28)(H,25,26,27)/t20-/m0/s1. The van der Waals surface area contributed by atoms with Crippen LogP contribution in [-0.2, 0) is 4.79 Å². The van der Waals surface area contributed by atoms with Gasteiger partial charge in [0.25, 0.3) is 0 Å². The van der Waals surface area contributed by atoms with Crippen LogP contribution in [-0.4, -0.2) is 26.8 Å². The molecule has 1 atom stereocenters. The highest BCUT2D eigenvalue weighted by Gasteiger charge is 2.18. The van der Waals surface area contributed by atoms with E-state index in [4.69, 9.17) is 0 Å². The van der Waals surface area contributed by atoms with Gasteiger partial charge < -0.3 is 5.32 Å². The van der Waals surface area contributed by atoms with E-state index < -0.39 is 0 Å². The number of amides is 1. The van der Waals surface area contributed by atoms with E-state index in [2.05, 4.69) is 20.5 Å². The fourth-order valence-electron chi connectivity index (χ4n) is 2.91. The number of hydrogen-bond donors (Lipinski definition) is 2. The molecule has 0 aliphatic heterocycles. The molecule has 30 heavy (non-hydrogen) atoms. The van der Waals surface area contributed by atoms with E-state index in [1.807, 2.05) is 48.7 Å². The Bertz CT molecular complexity index is 1110.